The van der Waals surface area contributed by atoms with Gasteiger partial charge >= 0.3 is 0 Å². The second-order valence-corrected chi connectivity index (χ2v) is 12.6. The molecule has 0 nitrogen and oxygen atoms in total. The Labute approximate surface area is 236 Å². The Hall–Kier alpha value is -2.67. The van der Waals surface area contributed by atoms with Crippen molar-refractivity contribution in [2.75, 3.05) is 0 Å². The van der Waals surface area contributed by atoms with E-state index in [4.69, 9.17) is 0 Å². The summed E-state index contributed by atoms with van der Waals surface area (Å²) in [5, 5.41) is 0. The molecule has 1 heteroatoms. The summed E-state index contributed by atoms with van der Waals surface area (Å²) in [4.78, 5) is 0. The van der Waals surface area contributed by atoms with Crippen LogP contribution in [0.2, 0.25) is 0 Å². The molecule has 0 aliphatic heterocycles. The molecular formula is C38H47F. The predicted molar refractivity (Wildman–Crippen MR) is 166 cm³/mol. The van der Waals surface area contributed by atoms with Crippen LogP contribution in [0.4, 0.5) is 4.39 Å². The normalized spacial score (nSPS) is 24.6. The fourth-order valence-corrected chi connectivity index (χ4v) is 7.34. The smallest absolute Gasteiger partial charge is 0.130 e. The Bertz CT molecular complexity index is 1180. The Morgan fingerprint density at radius 3 is 1.97 bits per heavy atom. The van der Waals surface area contributed by atoms with E-state index in [1.54, 1.807) is 6.07 Å². The SMILES string of the molecule is CCCC1CCC(c2ccc(C=Cc3ccc(C4CCC(CC(C)c5ccccc5)CC4)cc3)c(F)c2)CC1. The van der Waals surface area contributed by atoms with Gasteiger partial charge in [-0.1, -0.05) is 106 Å². The van der Waals surface area contributed by atoms with E-state index in [1.165, 1.54) is 87.3 Å². The minimum atomic E-state index is -0.0885. The summed E-state index contributed by atoms with van der Waals surface area (Å²) in [6, 6.07) is 25.9. The lowest BCUT2D eigenvalue weighted by molar-refractivity contribution is 0.297. The molecule has 1 unspecified atom stereocenters. The minimum absolute atomic E-state index is 0.0885. The zero-order valence-electron chi connectivity index (χ0n) is 24.1. The average molecular weight is 523 g/mol. The van der Waals surface area contributed by atoms with Crippen LogP contribution in [-0.4, -0.2) is 0 Å². The first-order valence-corrected chi connectivity index (χ1v) is 15.7. The van der Waals surface area contributed by atoms with Crippen LogP contribution in [0.1, 0.15) is 130 Å². The van der Waals surface area contributed by atoms with Crippen LogP contribution in [0.5, 0.6) is 0 Å². The van der Waals surface area contributed by atoms with Crippen molar-refractivity contribution >= 4 is 12.2 Å². The first kappa shape index (κ1) is 27.9. The van der Waals surface area contributed by atoms with E-state index < -0.39 is 0 Å². The molecule has 2 aliphatic rings. The summed E-state index contributed by atoms with van der Waals surface area (Å²) in [5.41, 5.74) is 5.95. The van der Waals surface area contributed by atoms with Gasteiger partial charge in [0.05, 0.1) is 0 Å². The van der Waals surface area contributed by atoms with Gasteiger partial charge in [0.2, 0.25) is 0 Å². The lowest BCUT2D eigenvalue weighted by atomic mass is 9.75. The van der Waals surface area contributed by atoms with Gasteiger partial charge in [-0.05, 0) is 116 Å². The third kappa shape index (κ3) is 7.50. The molecule has 5 rings (SSSR count). The monoisotopic (exact) mass is 522 g/mol. The summed E-state index contributed by atoms with van der Waals surface area (Å²) in [5.74, 6) is 3.48. The van der Waals surface area contributed by atoms with Gasteiger partial charge in [0, 0.05) is 5.56 Å². The van der Waals surface area contributed by atoms with E-state index in [2.05, 4.69) is 80.6 Å². The molecule has 0 saturated heterocycles. The molecule has 0 radical (unpaired) electrons. The van der Waals surface area contributed by atoms with E-state index in [-0.39, 0.29) is 5.82 Å². The molecule has 39 heavy (non-hydrogen) atoms. The molecule has 0 aromatic heterocycles. The second kappa shape index (κ2) is 13.6. The van der Waals surface area contributed by atoms with Crippen LogP contribution in [0.15, 0.2) is 72.8 Å². The lowest BCUT2D eigenvalue weighted by Crippen LogP contribution is -2.15. The van der Waals surface area contributed by atoms with Crippen LogP contribution in [0.25, 0.3) is 12.2 Å². The topological polar surface area (TPSA) is 0 Å². The largest absolute Gasteiger partial charge is 0.206 e. The fraction of sp³-hybridized carbons (Fsp3) is 0.474. The number of rotatable bonds is 9. The highest BCUT2D eigenvalue weighted by atomic mass is 19.1. The summed E-state index contributed by atoms with van der Waals surface area (Å²) < 4.78 is 15.0. The van der Waals surface area contributed by atoms with Gasteiger partial charge in [0.25, 0.3) is 0 Å². The summed E-state index contributed by atoms with van der Waals surface area (Å²) >= 11 is 0. The van der Waals surface area contributed by atoms with Crippen LogP contribution >= 0.6 is 0 Å². The van der Waals surface area contributed by atoms with Crippen molar-refractivity contribution in [2.45, 2.75) is 102 Å². The summed E-state index contributed by atoms with van der Waals surface area (Å²) in [7, 11) is 0. The highest BCUT2D eigenvalue weighted by Gasteiger charge is 2.24. The van der Waals surface area contributed by atoms with Crippen LogP contribution in [0.3, 0.4) is 0 Å². The number of hydrogen-bond donors (Lipinski definition) is 0. The van der Waals surface area contributed by atoms with Crippen molar-refractivity contribution in [3.05, 3.63) is 106 Å². The zero-order valence-corrected chi connectivity index (χ0v) is 24.1. The van der Waals surface area contributed by atoms with Gasteiger partial charge in [-0.3, -0.25) is 0 Å². The Balaban J connectivity index is 1.11. The molecule has 1 atom stereocenters. The van der Waals surface area contributed by atoms with Gasteiger partial charge in [-0.25, -0.2) is 4.39 Å². The maximum absolute atomic E-state index is 15.0. The van der Waals surface area contributed by atoms with E-state index in [9.17, 15) is 4.39 Å². The highest BCUT2D eigenvalue weighted by Crippen LogP contribution is 2.40. The number of hydrogen-bond acceptors (Lipinski definition) is 0. The van der Waals surface area contributed by atoms with Crippen molar-refractivity contribution in [3.8, 4) is 0 Å². The van der Waals surface area contributed by atoms with Gasteiger partial charge < -0.3 is 0 Å². The standard InChI is InChI=1S/C38H47F/c1-3-7-29-10-19-35(20-11-29)37-25-24-36(38(39)27-37)23-14-30-12-17-33(18-13-30)34-21-15-31(16-22-34)26-28(2)32-8-5-4-6-9-32/h4-6,8-9,12-14,17-18,23-25,27-29,31,34-35H,3,7,10-11,15-16,19-22,26H2,1-2H3. The highest BCUT2D eigenvalue weighted by molar-refractivity contribution is 5.70. The maximum Gasteiger partial charge on any atom is 0.130 e. The van der Waals surface area contributed by atoms with Crippen LogP contribution in [0, 0.1) is 17.7 Å². The fourth-order valence-electron chi connectivity index (χ4n) is 7.34. The molecule has 2 fully saturated rings. The Kier molecular flexibility index (Phi) is 9.72. The molecule has 0 spiro atoms. The lowest BCUT2D eigenvalue weighted by Gasteiger charge is -2.30. The minimum Gasteiger partial charge on any atom is -0.206 e. The quantitative estimate of drug-likeness (QED) is 0.245. The molecule has 2 saturated carbocycles. The summed E-state index contributed by atoms with van der Waals surface area (Å²) in [6.45, 7) is 4.66. The maximum atomic E-state index is 15.0. The second-order valence-electron chi connectivity index (χ2n) is 12.6. The first-order chi connectivity index (χ1) is 19.1. The van der Waals surface area contributed by atoms with E-state index in [0.717, 1.165) is 17.4 Å². The molecule has 3 aromatic carbocycles. The molecule has 0 heterocycles. The number of halogens is 1. The van der Waals surface area contributed by atoms with E-state index in [1.807, 2.05) is 12.1 Å². The van der Waals surface area contributed by atoms with Gasteiger partial charge in [0.15, 0.2) is 0 Å². The molecule has 0 amide bonds. The van der Waals surface area contributed by atoms with Crippen LogP contribution in [-0.2, 0) is 0 Å². The van der Waals surface area contributed by atoms with Crippen molar-refractivity contribution in [1.29, 1.82) is 0 Å². The van der Waals surface area contributed by atoms with Crippen molar-refractivity contribution in [3.63, 3.8) is 0 Å². The van der Waals surface area contributed by atoms with Gasteiger partial charge in [-0.15, -0.1) is 0 Å². The van der Waals surface area contributed by atoms with Crippen molar-refractivity contribution < 1.29 is 4.39 Å². The van der Waals surface area contributed by atoms with Gasteiger partial charge in [-0.2, -0.15) is 0 Å². The predicted octanol–water partition coefficient (Wildman–Crippen LogP) is 11.5. The molecule has 0 N–H and O–H groups in total. The third-order valence-electron chi connectivity index (χ3n) is 9.81. The van der Waals surface area contributed by atoms with Crippen molar-refractivity contribution in [2.24, 2.45) is 11.8 Å². The first-order valence-electron chi connectivity index (χ1n) is 15.7. The Morgan fingerprint density at radius 1 is 0.718 bits per heavy atom. The molecule has 206 valence electrons. The average Bonchev–Trinajstić information content (AvgIpc) is 2.98. The van der Waals surface area contributed by atoms with E-state index >= 15 is 0 Å². The third-order valence-corrected chi connectivity index (χ3v) is 9.81. The van der Waals surface area contributed by atoms with E-state index in [0.29, 0.717) is 23.3 Å². The Morgan fingerprint density at radius 2 is 1.33 bits per heavy atom. The molecular weight excluding hydrogens is 475 g/mol. The van der Waals surface area contributed by atoms with Gasteiger partial charge in [0.1, 0.15) is 5.82 Å². The number of benzene rings is 3. The molecule has 0 bridgehead atoms. The zero-order chi connectivity index (χ0) is 27.0. The van der Waals surface area contributed by atoms with Crippen LogP contribution < -0.4 is 0 Å². The van der Waals surface area contributed by atoms with Crippen molar-refractivity contribution in [1.82, 2.24) is 0 Å². The summed E-state index contributed by atoms with van der Waals surface area (Å²) in [6.07, 6.45) is 18.2. The molecule has 2 aliphatic carbocycles. The molecule has 3 aromatic rings.